The predicted molar refractivity (Wildman–Crippen MR) is 134 cm³/mol. The molecule has 2 fully saturated rings. The standard InChI is InChI=1S/C23H36N4O3.HI/c1-3-25-23(26-12-9-18-6-4-7-19(16-18)22(28)24-2)27-13-10-20(11-14-27)30-17-21-8-5-15-29-21;/h4,6-7,16,20-21H,3,5,8-15,17H2,1-2H3,(H,24,28)(H,25,26);1H. The molecule has 7 nitrogen and oxygen atoms in total. The first kappa shape index (κ1) is 25.9. The van der Waals surface area contributed by atoms with E-state index in [0.717, 1.165) is 76.5 Å². The van der Waals surface area contributed by atoms with Crippen LogP contribution < -0.4 is 10.6 Å². The summed E-state index contributed by atoms with van der Waals surface area (Å²) < 4.78 is 11.7. The van der Waals surface area contributed by atoms with Crippen molar-refractivity contribution in [2.24, 2.45) is 4.99 Å². The van der Waals surface area contributed by atoms with Crippen molar-refractivity contribution in [2.45, 2.75) is 51.2 Å². The second-order valence-corrected chi connectivity index (χ2v) is 7.92. The molecule has 0 saturated carbocycles. The van der Waals surface area contributed by atoms with Gasteiger partial charge in [0.1, 0.15) is 0 Å². The van der Waals surface area contributed by atoms with Gasteiger partial charge in [0.15, 0.2) is 5.96 Å². The molecule has 0 aromatic heterocycles. The van der Waals surface area contributed by atoms with Gasteiger partial charge in [0.2, 0.25) is 0 Å². The van der Waals surface area contributed by atoms with Crippen LogP contribution in [0.15, 0.2) is 29.3 Å². The number of ether oxygens (including phenoxy) is 2. The monoisotopic (exact) mass is 544 g/mol. The number of piperidine rings is 1. The van der Waals surface area contributed by atoms with E-state index in [1.807, 2.05) is 24.3 Å². The van der Waals surface area contributed by atoms with E-state index in [4.69, 9.17) is 14.5 Å². The molecule has 1 aromatic carbocycles. The number of nitrogens with zero attached hydrogens (tertiary/aromatic N) is 2. The Labute approximate surface area is 203 Å². The number of hydrogen-bond donors (Lipinski definition) is 2. The van der Waals surface area contributed by atoms with E-state index < -0.39 is 0 Å². The van der Waals surface area contributed by atoms with Crippen LogP contribution in [0.5, 0.6) is 0 Å². The Kier molecular flexibility index (Phi) is 11.6. The van der Waals surface area contributed by atoms with Crippen molar-refractivity contribution >= 4 is 35.8 Å². The van der Waals surface area contributed by atoms with Gasteiger partial charge in [0, 0.05) is 45.4 Å². The van der Waals surface area contributed by atoms with Gasteiger partial charge >= 0.3 is 0 Å². The lowest BCUT2D eigenvalue weighted by Gasteiger charge is -2.34. The number of rotatable bonds is 8. The molecule has 0 bridgehead atoms. The van der Waals surface area contributed by atoms with Crippen LogP contribution in [0, 0.1) is 0 Å². The second kappa shape index (κ2) is 13.9. The van der Waals surface area contributed by atoms with E-state index in [0.29, 0.717) is 24.3 Å². The maximum absolute atomic E-state index is 11.8. The fourth-order valence-electron chi connectivity index (χ4n) is 3.98. The van der Waals surface area contributed by atoms with Gasteiger partial charge in [0.05, 0.1) is 18.8 Å². The first-order valence-corrected chi connectivity index (χ1v) is 11.3. The molecule has 1 aromatic rings. The van der Waals surface area contributed by atoms with Crippen molar-refractivity contribution in [1.82, 2.24) is 15.5 Å². The highest BCUT2D eigenvalue weighted by atomic mass is 127. The van der Waals surface area contributed by atoms with Crippen molar-refractivity contribution < 1.29 is 14.3 Å². The lowest BCUT2D eigenvalue weighted by Crippen LogP contribution is -2.47. The van der Waals surface area contributed by atoms with Crippen LogP contribution in [-0.2, 0) is 15.9 Å². The molecule has 0 radical (unpaired) electrons. The molecule has 1 atom stereocenters. The summed E-state index contributed by atoms with van der Waals surface area (Å²) in [6, 6.07) is 7.75. The number of amides is 1. The molecule has 2 heterocycles. The third-order valence-electron chi connectivity index (χ3n) is 5.70. The predicted octanol–water partition coefficient (Wildman–Crippen LogP) is 2.83. The molecular weight excluding hydrogens is 507 g/mol. The lowest BCUT2D eigenvalue weighted by molar-refractivity contribution is -0.0367. The number of likely N-dealkylation sites (tertiary alicyclic amines) is 1. The molecule has 2 aliphatic heterocycles. The van der Waals surface area contributed by atoms with Crippen LogP contribution in [0.4, 0.5) is 0 Å². The van der Waals surface area contributed by atoms with Crippen LogP contribution in [0.25, 0.3) is 0 Å². The van der Waals surface area contributed by atoms with Gasteiger partial charge in [-0.05, 0) is 56.7 Å². The third kappa shape index (κ3) is 8.23. The molecule has 8 heteroatoms. The van der Waals surface area contributed by atoms with Crippen molar-refractivity contribution in [2.75, 3.05) is 46.4 Å². The average Bonchev–Trinajstić information content (AvgIpc) is 3.31. The maximum Gasteiger partial charge on any atom is 0.251 e. The zero-order chi connectivity index (χ0) is 21.2. The number of carbonyl (C=O) groups is 1. The zero-order valence-electron chi connectivity index (χ0n) is 18.8. The summed E-state index contributed by atoms with van der Waals surface area (Å²) >= 11 is 0. The van der Waals surface area contributed by atoms with Gasteiger partial charge in [-0.1, -0.05) is 12.1 Å². The van der Waals surface area contributed by atoms with Gasteiger partial charge in [-0.2, -0.15) is 0 Å². The molecule has 31 heavy (non-hydrogen) atoms. The highest BCUT2D eigenvalue weighted by Gasteiger charge is 2.24. The van der Waals surface area contributed by atoms with Crippen molar-refractivity contribution in [1.29, 1.82) is 0 Å². The van der Waals surface area contributed by atoms with Crippen molar-refractivity contribution in [3.63, 3.8) is 0 Å². The maximum atomic E-state index is 11.8. The fourth-order valence-corrected chi connectivity index (χ4v) is 3.98. The number of hydrogen-bond acceptors (Lipinski definition) is 4. The summed E-state index contributed by atoms with van der Waals surface area (Å²) in [5.74, 6) is 0.913. The minimum absolute atomic E-state index is 0. The Balaban J connectivity index is 0.00000341. The van der Waals surface area contributed by atoms with Crippen LogP contribution in [0.1, 0.15) is 48.5 Å². The third-order valence-corrected chi connectivity index (χ3v) is 5.70. The van der Waals surface area contributed by atoms with Crippen LogP contribution in [-0.4, -0.2) is 75.4 Å². The Morgan fingerprint density at radius 3 is 2.77 bits per heavy atom. The first-order valence-electron chi connectivity index (χ1n) is 11.3. The number of guanidine groups is 1. The highest BCUT2D eigenvalue weighted by Crippen LogP contribution is 2.18. The highest BCUT2D eigenvalue weighted by molar-refractivity contribution is 14.0. The van der Waals surface area contributed by atoms with E-state index in [1.54, 1.807) is 7.05 Å². The minimum atomic E-state index is -0.0572. The summed E-state index contributed by atoms with van der Waals surface area (Å²) in [7, 11) is 1.65. The van der Waals surface area contributed by atoms with E-state index in [9.17, 15) is 4.79 Å². The average molecular weight is 544 g/mol. The molecule has 2 N–H and O–H groups in total. The van der Waals surface area contributed by atoms with Crippen LogP contribution in [0.3, 0.4) is 0 Å². The van der Waals surface area contributed by atoms with E-state index >= 15 is 0 Å². The number of benzene rings is 1. The Bertz CT molecular complexity index is 702. The first-order chi connectivity index (χ1) is 14.7. The largest absolute Gasteiger partial charge is 0.376 e. The van der Waals surface area contributed by atoms with Gasteiger partial charge < -0.3 is 25.0 Å². The van der Waals surface area contributed by atoms with Gasteiger partial charge in [-0.25, -0.2) is 0 Å². The fraction of sp³-hybridized carbons (Fsp3) is 0.652. The number of halogens is 1. The minimum Gasteiger partial charge on any atom is -0.376 e. The normalized spacial score (nSPS) is 19.7. The smallest absolute Gasteiger partial charge is 0.251 e. The molecule has 0 aliphatic carbocycles. The zero-order valence-corrected chi connectivity index (χ0v) is 21.1. The molecule has 1 amide bonds. The molecular formula is C23H37IN4O3. The summed E-state index contributed by atoms with van der Waals surface area (Å²) in [5, 5.41) is 6.09. The summed E-state index contributed by atoms with van der Waals surface area (Å²) in [6.45, 7) is 7.15. The molecule has 1 unspecified atom stereocenters. The Morgan fingerprint density at radius 2 is 2.10 bits per heavy atom. The molecule has 3 rings (SSSR count). The summed E-state index contributed by atoms with van der Waals surface area (Å²) in [6.07, 6.45) is 5.74. The van der Waals surface area contributed by atoms with E-state index in [-0.39, 0.29) is 29.9 Å². The lowest BCUT2D eigenvalue weighted by atomic mass is 10.1. The quantitative estimate of drug-likeness (QED) is 0.299. The van der Waals surface area contributed by atoms with Crippen LogP contribution in [0.2, 0.25) is 0 Å². The van der Waals surface area contributed by atoms with Crippen molar-refractivity contribution in [3.05, 3.63) is 35.4 Å². The van der Waals surface area contributed by atoms with Gasteiger partial charge in [-0.3, -0.25) is 9.79 Å². The molecule has 174 valence electrons. The molecule has 2 saturated heterocycles. The van der Waals surface area contributed by atoms with Gasteiger partial charge in [0.25, 0.3) is 5.91 Å². The van der Waals surface area contributed by atoms with E-state index in [2.05, 4.69) is 22.5 Å². The second-order valence-electron chi connectivity index (χ2n) is 7.92. The molecule has 2 aliphatic rings. The van der Waals surface area contributed by atoms with Crippen LogP contribution >= 0.6 is 24.0 Å². The summed E-state index contributed by atoms with van der Waals surface area (Å²) in [5.41, 5.74) is 1.81. The number of carbonyl (C=O) groups excluding carboxylic acids is 1. The number of aliphatic imine (C=N–C) groups is 1. The summed E-state index contributed by atoms with van der Waals surface area (Å²) in [4.78, 5) is 19.0. The molecule has 0 spiro atoms. The number of nitrogens with one attached hydrogen (secondary N) is 2. The SMILES string of the molecule is CCNC(=NCCc1cccc(C(=O)NC)c1)N1CCC(OCC2CCCO2)CC1.I. The van der Waals surface area contributed by atoms with Crippen molar-refractivity contribution in [3.8, 4) is 0 Å². The van der Waals surface area contributed by atoms with Gasteiger partial charge in [-0.15, -0.1) is 24.0 Å². The Morgan fingerprint density at radius 1 is 1.29 bits per heavy atom. The van der Waals surface area contributed by atoms with E-state index in [1.165, 1.54) is 0 Å². The Hall–Kier alpha value is -1.39. The topological polar surface area (TPSA) is 75.2 Å².